The molecule has 1 aromatic rings. The van der Waals surface area contributed by atoms with Gasteiger partial charge in [0.1, 0.15) is 0 Å². The quantitative estimate of drug-likeness (QED) is 0.283. The van der Waals surface area contributed by atoms with Crippen LogP contribution in [0.1, 0.15) is 0 Å². The molecule has 3 heteroatoms. The maximum atomic E-state index is 2.34. The molecule has 0 aromatic heterocycles. The summed E-state index contributed by atoms with van der Waals surface area (Å²) in [6, 6.07) is 8.86. The number of thioether (sulfide) groups is 1. The molecule has 0 unspecified atom stereocenters. The van der Waals surface area contributed by atoms with Crippen LogP contribution < -0.4 is 42.4 Å². The molecule has 0 N–H and O–H groups in total. The third-order valence-corrected chi connectivity index (χ3v) is 7.63. The number of hydrogen-bond donors (Lipinski definition) is 0. The van der Waals surface area contributed by atoms with E-state index in [9.17, 15) is 0 Å². The number of rotatable bonds is 4. The van der Waals surface area contributed by atoms with Gasteiger partial charge in [0.15, 0.2) is 0 Å². The van der Waals surface area contributed by atoms with Crippen molar-refractivity contribution in [2.24, 2.45) is 0 Å². The van der Waals surface area contributed by atoms with E-state index in [-0.39, 0.29) is 21.2 Å². The van der Waals surface area contributed by atoms with E-state index in [0.717, 1.165) is 0 Å². The Morgan fingerprint density at radius 3 is 2.67 bits per heavy atom. The van der Waals surface area contributed by atoms with Crippen molar-refractivity contribution in [1.82, 2.24) is 0 Å². The predicted molar refractivity (Wildman–Crippen MR) is 47.7 cm³/mol. The van der Waals surface area contributed by atoms with Crippen LogP contribution in [0.15, 0.2) is 29.2 Å². The van der Waals surface area contributed by atoms with Crippen LogP contribution >= 0.6 is 11.8 Å². The van der Waals surface area contributed by atoms with E-state index in [2.05, 4.69) is 34.1 Å². The summed E-state index contributed by atoms with van der Waals surface area (Å²) in [5, 5.41) is 0. The van der Waals surface area contributed by atoms with E-state index in [0.29, 0.717) is 21.2 Å². The summed E-state index contributed by atoms with van der Waals surface area (Å²) in [4.78, 5) is 6.21. The van der Waals surface area contributed by atoms with Crippen LogP contribution in [-0.2, 0) is 0 Å². The Balaban J connectivity index is 2.68. The van der Waals surface area contributed by atoms with Crippen molar-refractivity contribution in [3.05, 3.63) is 27.8 Å². The molecule has 0 fully saturated rings. The molecular formula is C9H12I2S-2. The summed E-state index contributed by atoms with van der Waals surface area (Å²) in [5.74, 6) is 0. The molecule has 0 heterocycles. The molecule has 70 valence electrons. The molecule has 0 aliphatic carbocycles. The Labute approximate surface area is 99.4 Å². The van der Waals surface area contributed by atoms with Crippen molar-refractivity contribution >= 4 is 11.8 Å². The first-order chi connectivity index (χ1) is 5.88. The molecule has 12 heavy (non-hydrogen) atoms. The molecule has 1 rings (SSSR count). The van der Waals surface area contributed by atoms with Gasteiger partial charge in [-0.1, -0.05) is 0 Å². The Hall–Kier alpha value is 1.03. The van der Waals surface area contributed by atoms with Gasteiger partial charge in [0, 0.05) is 0 Å². The van der Waals surface area contributed by atoms with Gasteiger partial charge in [-0.15, -0.1) is 0 Å². The van der Waals surface area contributed by atoms with Gasteiger partial charge < -0.3 is 0 Å². The van der Waals surface area contributed by atoms with Gasteiger partial charge >= 0.3 is 101 Å². The van der Waals surface area contributed by atoms with E-state index < -0.39 is 0 Å². The first-order valence-corrected chi connectivity index (χ1v) is 11.4. The minimum absolute atomic E-state index is 0.261. The zero-order chi connectivity index (χ0) is 8.81. The average molecular weight is 406 g/mol. The molecule has 0 saturated carbocycles. The molecule has 0 atom stereocenters. The second-order valence-electron chi connectivity index (χ2n) is 2.14. The molecule has 0 bridgehead atoms. The van der Waals surface area contributed by atoms with Crippen LogP contribution in [0.4, 0.5) is 0 Å². The van der Waals surface area contributed by atoms with Gasteiger partial charge in [-0.2, -0.15) is 0 Å². The van der Waals surface area contributed by atoms with Crippen molar-refractivity contribution in [1.29, 1.82) is 0 Å². The van der Waals surface area contributed by atoms with Gasteiger partial charge in [-0.3, -0.25) is 0 Å². The maximum absolute atomic E-state index is 2.34. The summed E-state index contributed by atoms with van der Waals surface area (Å²) < 4.78 is 2.97. The Bertz CT molecular complexity index is 238. The molecule has 0 spiro atoms. The van der Waals surface area contributed by atoms with Crippen molar-refractivity contribution in [2.75, 3.05) is 13.6 Å². The van der Waals surface area contributed by atoms with E-state index in [4.69, 9.17) is 0 Å². The molecule has 0 amide bonds. The van der Waals surface area contributed by atoms with Crippen molar-refractivity contribution < 1.29 is 42.4 Å². The number of hydrogen-bond acceptors (Lipinski definition) is 1. The van der Waals surface area contributed by atoms with Gasteiger partial charge in [0.2, 0.25) is 0 Å². The van der Waals surface area contributed by atoms with Crippen molar-refractivity contribution in [2.45, 2.75) is 4.90 Å². The first kappa shape index (κ1) is 11.1. The monoisotopic (exact) mass is 406 g/mol. The Morgan fingerprint density at radius 1 is 1.25 bits per heavy atom. The van der Waals surface area contributed by atoms with Gasteiger partial charge in [-0.25, -0.2) is 0 Å². The predicted octanol–water partition coefficient (Wildman–Crippen LogP) is -3.66. The van der Waals surface area contributed by atoms with Crippen LogP contribution in [-0.4, -0.2) is 13.6 Å². The van der Waals surface area contributed by atoms with Crippen LogP contribution in [0, 0.1) is 3.57 Å². The number of alkyl halides is 3. The summed E-state index contributed by atoms with van der Waals surface area (Å²) in [7, 11) is 0. The number of halogens is 2. The second-order valence-corrected chi connectivity index (χ2v) is 8.72. The second kappa shape index (κ2) is 6.48. The fourth-order valence-corrected chi connectivity index (χ4v) is 5.64. The standard InChI is InChI=1S/C9H12I2S/c1-10-7-12-9-6-4-3-5-8(9)11-2/h3-6H,7H2,1-2H3/q-2. The summed E-state index contributed by atoms with van der Waals surface area (Å²) in [6.45, 7) is 0. The first-order valence-electron chi connectivity index (χ1n) is 3.53. The van der Waals surface area contributed by atoms with Crippen LogP contribution in [0.25, 0.3) is 0 Å². The molecular weight excluding hydrogens is 394 g/mol. The summed E-state index contributed by atoms with van der Waals surface area (Å²) >= 11 is 2.75. The zero-order valence-electron chi connectivity index (χ0n) is 7.18. The van der Waals surface area contributed by atoms with Crippen molar-refractivity contribution in [3.8, 4) is 0 Å². The van der Waals surface area contributed by atoms with Gasteiger partial charge in [0.25, 0.3) is 0 Å². The molecule has 0 radical (unpaired) electrons. The SMILES string of the molecule is C[I-]CSc1ccccc1[I-]C. The van der Waals surface area contributed by atoms with Gasteiger partial charge in [-0.05, 0) is 0 Å². The fraction of sp³-hybridized carbons (Fsp3) is 0.333. The van der Waals surface area contributed by atoms with E-state index in [1.807, 2.05) is 11.8 Å². The van der Waals surface area contributed by atoms with E-state index >= 15 is 0 Å². The molecule has 1 aromatic carbocycles. The van der Waals surface area contributed by atoms with E-state index in [1.165, 1.54) is 8.66 Å². The minimum atomic E-state index is 0.261. The third-order valence-electron chi connectivity index (χ3n) is 1.36. The Kier molecular flexibility index (Phi) is 6.00. The zero-order valence-corrected chi connectivity index (χ0v) is 12.3. The molecule has 0 aliphatic heterocycles. The molecule has 0 nitrogen and oxygen atoms in total. The van der Waals surface area contributed by atoms with Crippen molar-refractivity contribution in [3.63, 3.8) is 0 Å². The van der Waals surface area contributed by atoms with Crippen LogP contribution in [0.3, 0.4) is 0 Å². The topological polar surface area (TPSA) is 0 Å². The Morgan fingerprint density at radius 2 is 2.00 bits per heavy atom. The average Bonchev–Trinajstić information content (AvgIpc) is 2.15. The van der Waals surface area contributed by atoms with Crippen LogP contribution in [0.2, 0.25) is 0 Å². The van der Waals surface area contributed by atoms with Gasteiger partial charge in [0.05, 0.1) is 0 Å². The third kappa shape index (κ3) is 3.41. The summed E-state index contributed by atoms with van der Waals surface area (Å²) in [5.41, 5.74) is 0. The summed E-state index contributed by atoms with van der Waals surface area (Å²) in [6.07, 6.45) is 0. The van der Waals surface area contributed by atoms with Crippen LogP contribution in [0.5, 0.6) is 0 Å². The number of benzene rings is 1. The normalized spacial score (nSPS) is 10.8. The fourth-order valence-electron chi connectivity index (χ4n) is 0.831. The molecule has 0 aliphatic rings. The van der Waals surface area contributed by atoms with E-state index in [1.54, 1.807) is 3.57 Å². The molecule has 0 saturated heterocycles.